The fourth-order valence-electron chi connectivity index (χ4n) is 4.16. The van der Waals surface area contributed by atoms with Crippen molar-refractivity contribution in [3.63, 3.8) is 0 Å². The van der Waals surface area contributed by atoms with Crippen molar-refractivity contribution in [3.8, 4) is 5.69 Å². The molecule has 0 amide bonds. The summed E-state index contributed by atoms with van der Waals surface area (Å²) in [5.41, 5.74) is -0.0599. The Labute approximate surface area is 203 Å². The monoisotopic (exact) mass is 501 g/mol. The third-order valence-corrected chi connectivity index (χ3v) is 6.24. The number of anilines is 2. The summed E-state index contributed by atoms with van der Waals surface area (Å²) in [6.07, 6.45) is 0.602. The van der Waals surface area contributed by atoms with Gasteiger partial charge >= 0.3 is 6.18 Å². The van der Waals surface area contributed by atoms with Crippen LogP contribution in [0, 0.1) is 11.7 Å². The number of alkyl halides is 3. The van der Waals surface area contributed by atoms with E-state index in [1.165, 1.54) is 17.0 Å². The van der Waals surface area contributed by atoms with Gasteiger partial charge in [-0.05, 0) is 62.1 Å². The van der Waals surface area contributed by atoms with Crippen molar-refractivity contribution < 1.29 is 27.5 Å². The normalized spacial score (nSPS) is 16.0. The summed E-state index contributed by atoms with van der Waals surface area (Å²) in [6, 6.07) is 9.15. The number of benzene rings is 2. The Bertz CT molecular complexity index is 1380. The number of halogens is 4. The molecule has 1 aromatic heterocycles. The van der Waals surface area contributed by atoms with Crippen LogP contribution in [0.3, 0.4) is 0 Å². The highest BCUT2D eigenvalue weighted by Crippen LogP contribution is 2.32. The van der Waals surface area contributed by atoms with E-state index in [1.807, 2.05) is 12.1 Å². The number of aryl methyl sites for hydroxylation is 1. The van der Waals surface area contributed by atoms with Crippen LogP contribution in [0.25, 0.3) is 5.69 Å². The third kappa shape index (κ3) is 5.32. The molecule has 0 saturated heterocycles. The Morgan fingerprint density at radius 3 is 2.47 bits per heavy atom. The summed E-state index contributed by atoms with van der Waals surface area (Å²) in [5, 5.41) is 12.5. The first-order chi connectivity index (χ1) is 17.0. The first-order valence-corrected chi connectivity index (χ1v) is 11.3. The molecule has 1 aliphatic rings. The lowest BCUT2D eigenvalue weighted by molar-refractivity contribution is -0.137. The number of Topliss-reactive ketones (excluding diaryl/α,β-unsaturated/α-hetero) is 1. The number of allylic oxidation sites excluding steroid dienone is 2. The van der Waals surface area contributed by atoms with Gasteiger partial charge in [0, 0.05) is 36.0 Å². The molecule has 0 fully saturated rings. The number of carbonyl (C=O) groups is 1. The van der Waals surface area contributed by atoms with Gasteiger partial charge in [-0.2, -0.15) is 13.2 Å². The summed E-state index contributed by atoms with van der Waals surface area (Å²) >= 11 is 0. The molecule has 4 rings (SSSR count). The first kappa shape index (κ1) is 25.2. The van der Waals surface area contributed by atoms with Gasteiger partial charge in [0.2, 0.25) is 0 Å². The van der Waals surface area contributed by atoms with Crippen LogP contribution in [0.2, 0.25) is 0 Å². The molecule has 0 radical (unpaired) electrons. The van der Waals surface area contributed by atoms with E-state index < -0.39 is 23.1 Å². The Morgan fingerprint density at radius 1 is 1.14 bits per heavy atom. The van der Waals surface area contributed by atoms with Gasteiger partial charge in [0.05, 0.1) is 11.3 Å². The maximum absolute atomic E-state index is 14.2. The second-order valence-electron chi connectivity index (χ2n) is 8.66. The molecule has 2 aromatic carbocycles. The van der Waals surface area contributed by atoms with Gasteiger partial charge in [-0.1, -0.05) is 12.1 Å². The molecule has 0 aliphatic heterocycles. The van der Waals surface area contributed by atoms with Crippen molar-refractivity contribution in [1.29, 1.82) is 0 Å². The maximum atomic E-state index is 14.2. The molecule has 6 nitrogen and oxygen atoms in total. The molecule has 2 N–H and O–H groups in total. The molecular formula is C26H23F4N3O3. The molecule has 188 valence electrons. The van der Waals surface area contributed by atoms with E-state index in [9.17, 15) is 32.3 Å². The zero-order chi connectivity index (χ0) is 26.0. The summed E-state index contributed by atoms with van der Waals surface area (Å²) in [7, 11) is 0. The Kier molecular flexibility index (Phi) is 6.96. The number of hydrogen-bond acceptors (Lipinski definition) is 5. The van der Waals surface area contributed by atoms with Gasteiger partial charge in [0.15, 0.2) is 11.6 Å². The van der Waals surface area contributed by atoms with Crippen LogP contribution in [-0.2, 0) is 17.4 Å². The molecule has 1 heterocycles. The van der Waals surface area contributed by atoms with Crippen LogP contribution in [0.4, 0.5) is 29.1 Å². The molecule has 36 heavy (non-hydrogen) atoms. The first-order valence-electron chi connectivity index (χ1n) is 11.3. The van der Waals surface area contributed by atoms with Gasteiger partial charge < -0.3 is 10.4 Å². The van der Waals surface area contributed by atoms with Crippen LogP contribution in [0.15, 0.2) is 71.0 Å². The standard InChI is InChI=1S/C26H23F4N3O3/c1-15-22(34)13-17(23(15)35)4-2-3-16-5-8-19(9-6-16)33-12-11-31-24(25(33)36)32-21-10-7-18(14-20(21)27)26(28,29)30/h5-12,14,17,35H,2-4,13H2,1H3,(H,31,32). The predicted molar refractivity (Wildman–Crippen MR) is 126 cm³/mol. The second-order valence-corrected chi connectivity index (χ2v) is 8.66. The van der Waals surface area contributed by atoms with E-state index >= 15 is 0 Å². The number of aromatic nitrogens is 2. The number of aliphatic hydroxyl groups is 1. The average Bonchev–Trinajstić information content (AvgIpc) is 3.08. The number of nitrogens with one attached hydrogen (secondary N) is 1. The highest BCUT2D eigenvalue weighted by atomic mass is 19.4. The topological polar surface area (TPSA) is 84.2 Å². The zero-order valence-electron chi connectivity index (χ0n) is 19.3. The Hall–Kier alpha value is -3.95. The van der Waals surface area contributed by atoms with E-state index in [0.717, 1.165) is 30.5 Å². The largest absolute Gasteiger partial charge is 0.512 e. The van der Waals surface area contributed by atoms with Crippen molar-refractivity contribution >= 4 is 17.3 Å². The van der Waals surface area contributed by atoms with Crippen molar-refractivity contribution in [1.82, 2.24) is 9.55 Å². The third-order valence-electron chi connectivity index (χ3n) is 6.24. The van der Waals surface area contributed by atoms with Gasteiger partial charge in [0.1, 0.15) is 11.6 Å². The Morgan fingerprint density at radius 2 is 1.86 bits per heavy atom. The van der Waals surface area contributed by atoms with Crippen molar-refractivity contribution in [2.45, 2.75) is 38.8 Å². The zero-order valence-corrected chi connectivity index (χ0v) is 19.3. The van der Waals surface area contributed by atoms with Crippen LogP contribution in [0.1, 0.15) is 37.3 Å². The minimum Gasteiger partial charge on any atom is -0.512 e. The quantitative estimate of drug-likeness (QED) is 0.395. The lowest BCUT2D eigenvalue weighted by Crippen LogP contribution is -2.22. The van der Waals surface area contributed by atoms with Crippen molar-refractivity contribution in [2.24, 2.45) is 5.92 Å². The molecule has 3 aromatic rings. The lowest BCUT2D eigenvalue weighted by Gasteiger charge is -2.12. The number of ketones is 1. The highest BCUT2D eigenvalue weighted by Gasteiger charge is 2.31. The van der Waals surface area contributed by atoms with Gasteiger partial charge in [0.25, 0.3) is 5.56 Å². The fourth-order valence-corrected chi connectivity index (χ4v) is 4.16. The molecule has 10 heteroatoms. The smallest absolute Gasteiger partial charge is 0.416 e. The molecule has 1 atom stereocenters. The number of hydrogen-bond donors (Lipinski definition) is 2. The minimum atomic E-state index is -4.68. The highest BCUT2D eigenvalue weighted by molar-refractivity contribution is 5.98. The minimum absolute atomic E-state index is 0.0143. The molecule has 0 saturated carbocycles. The summed E-state index contributed by atoms with van der Waals surface area (Å²) in [5.74, 6) is -1.36. The van der Waals surface area contributed by atoms with Crippen LogP contribution in [-0.4, -0.2) is 20.4 Å². The van der Waals surface area contributed by atoms with E-state index in [0.29, 0.717) is 30.2 Å². The van der Waals surface area contributed by atoms with E-state index in [4.69, 9.17) is 0 Å². The lowest BCUT2D eigenvalue weighted by atomic mass is 9.98. The second kappa shape index (κ2) is 9.96. The predicted octanol–water partition coefficient (Wildman–Crippen LogP) is 5.88. The molecule has 0 bridgehead atoms. The van der Waals surface area contributed by atoms with E-state index in [2.05, 4.69) is 10.3 Å². The molecule has 1 unspecified atom stereocenters. The summed E-state index contributed by atoms with van der Waals surface area (Å²) in [6.45, 7) is 1.64. The maximum Gasteiger partial charge on any atom is 0.416 e. The molecular weight excluding hydrogens is 478 g/mol. The Balaban J connectivity index is 1.44. The molecule has 1 aliphatic carbocycles. The van der Waals surface area contributed by atoms with E-state index in [1.54, 1.807) is 19.1 Å². The fraction of sp³-hybridized carbons (Fsp3) is 0.269. The van der Waals surface area contributed by atoms with Gasteiger partial charge in [-0.25, -0.2) is 9.37 Å². The average molecular weight is 501 g/mol. The van der Waals surface area contributed by atoms with Crippen LogP contribution < -0.4 is 10.9 Å². The van der Waals surface area contributed by atoms with E-state index in [-0.39, 0.29) is 29.0 Å². The number of carbonyl (C=O) groups excluding carboxylic acids is 1. The summed E-state index contributed by atoms with van der Waals surface area (Å²) in [4.78, 5) is 28.5. The SMILES string of the molecule is CC1=C(O)C(CCCc2ccc(-n3ccnc(Nc4ccc(C(F)(F)F)cc4F)c3=O)cc2)CC1=O. The number of nitrogens with zero attached hydrogens (tertiary/aromatic N) is 2. The van der Waals surface area contributed by atoms with Crippen LogP contribution in [0.5, 0.6) is 0 Å². The molecule has 0 spiro atoms. The van der Waals surface area contributed by atoms with Crippen molar-refractivity contribution in [2.75, 3.05) is 5.32 Å². The summed E-state index contributed by atoms with van der Waals surface area (Å²) < 4.78 is 53.8. The van der Waals surface area contributed by atoms with Gasteiger partial charge in [-0.15, -0.1) is 0 Å². The number of rotatable bonds is 7. The number of aliphatic hydroxyl groups excluding tert-OH is 1. The van der Waals surface area contributed by atoms with Crippen LogP contribution >= 0.6 is 0 Å². The van der Waals surface area contributed by atoms with Gasteiger partial charge in [-0.3, -0.25) is 14.2 Å². The van der Waals surface area contributed by atoms with Crippen molar-refractivity contribution in [3.05, 3.63) is 93.5 Å².